The minimum Gasteiger partial charge on any atom is -0.396 e. The van der Waals surface area contributed by atoms with Crippen LogP contribution in [0.1, 0.15) is 24.6 Å². The molecule has 5 rings (SSSR count). The van der Waals surface area contributed by atoms with E-state index in [2.05, 4.69) is 5.32 Å². The lowest BCUT2D eigenvalue weighted by atomic mass is 9.88. The number of nitrogens with one attached hydrogen (secondary N) is 1. The number of benzene rings is 1. The van der Waals surface area contributed by atoms with Crippen molar-refractivity contribution in [3.8, 4) is 11.1 Å². The number of amides is 2. The van der Waals surface area contributed by atoms with Crippen molar-refractivity contribution in [2.45, 2.75) is 31.5 Å². The van der Waals surface area contributed by atoms with Crippen LogP contribution in [0.5, 0.6) is 0 Å². The van der Waals surface area contributed by atoms with E-state index >= 15 is 0 Å². The molecule has 1 saturated heterocycles. The maximum Gasteiger partial charge on any atom is 0.258 e. The summed E-state index contributed by atoms with van der Waals surface area (Å²) in [5.74, 6) is -1.87. The predicted octanol–water partition coefficient (Wildman–Crippen LogP) is 1.32. The molecule has 2 aromatic rings. The van der Waals surface area contributed by atoms with Crippen LogP contribution in [0.25, 0.3) is 11.1 Å². The molecule has 2 aliphatic heterocycles. The van der Waals surface area contributed by atoms with E-state index < -0.39 is 23.8 Å². The van der Waals surface area contributed by atoms with Crippen LogP contribution in [0.4, 0.5) is 4.39 Å². The number of fused-ring (bicyclic) bond motifs is 3. The third-order valence-corrected chi connectivity index (χ3v) is 7.29. The summed E-state index contributed by atoms with van der Waals surface area (Å²) in [6.07, 6.45) is 1.54. The van der Waals surface area contributed by atoms with Gasteiger partial charge in [0.25, 0.3) is 5.56 Å². The Balaban J connectivity index is 1.55. The zero-order valence-electron chi connectivity index (χ0n) is 18.9. The molecule has 1 aromatic carbocycles. The Morgan fingerprint density at radius 2 is 1.94 bits per heavy atom. The minimum atomic E-state index is -0.819. The largest absolute Gasteiger partial charge is 0.396 e. The Kier molecular flexibility index (Phi) is 5.99. The van der Waals surface area contributed by atoms with Gasteiger partial charge in [-0.2, -0.15) is 0 Å². The van der Waals surface area contributed by atoms with Gasteiger partial charge in [-0.05, 0) is 31.0 Å². The molecule has 180 valence electrons. The molecule has 4 atom stereocenters. The van der Waals surface area contributed by atoms with E-state index in [-0.39, 0.29) is 53.5 Å². The molecule has 3 heterocycles. The molecule has 0 unspecified atom stereocenters. The van der Waals surface area contributed by atoms with Crippen molar-refractivity contribution in [3.63, 3.8) is 0 Å². The number of rotatable bonds is 7. The molecule has 1 saturated carbocycles. The molecule has 8 nitrogen and oxygen atoms in total. The van der Waals surface area contributed by atoms with Gasteiger partial charge in [-0.25, -0.2) is 4.39 Å². The fourth-order valence-electron chi connectivity index (χ4n) is 5.54. The number of carbonyl (C=O) groups is 2. The number of aliphatic hydroxyl groups is 1. The monoisotopic (exact) mass is 469 g/mol. The Labute approximate surface area is 196 Å². The molecule has 0 spiro atoms. The lowest BCUT2D eigenvalue weighted by Gasteiger charge is -2.31. The smallest absolute Gasteiger partial charge is 0.258 e. The molecular weight excluding hydrogens is 441 g/mol. The molecule has 9 heteroatoms. The van der Waals surface area contributed by atoms with Crippen LogP contribution in [0, 0.1) is 23.6 Å². The summed E-state index contributed by atoms with van der Waals surface area (Å²) in [7, 11) is 1.54. The van der Waals surface area contributed by atoms with Crippen molar-refractivity contribution in [3.05, 3.63) is 58.3 Å². The fourth-order valence-corrected chi connectivity index (χ4v) is 5.54. The molecule has 1 aliphatic carbocycles. The summed E-state index contributed by atoms with van der Waals surface area (Å²) < 4.78 is 21.0. The molecule has 34 heavy (non-hydrogen) atoms. The first kappa shape index (κ1) is 22.7. The minimum absolute atomic E-state index is 0.114. The van der Waals surface area contributed by atoms with Gasteiger partial charge in [0.05, 0.1) is 18.2 Å². The average molecular weight is 470 g/mol. The SMILES string of the molecule is COCCNC(=O)[C@H]1[C@H](CO)[C@H]2Cn3c(ccc(-c4ccccc4F)c3=O)[C@H]2N1C(=O)C1CC1. The quantitative estimate of drug-likeness (QED) is 0.596. The standard InChI is InChI=1S/C25H28FN3O5/c1-34-11-10-27-23(31)22-18(13-30)17-12-28-20(21(17)29(22)24(32)14-6-7-14)9-8-16(25(28)33)15-4-2-3-5-19(15)26/h2-5,8-9,14,17-18,21-22,30H,6-7,10-13H2,1H3,(H,27,31)/t17-,18-,21+,22-/m1/s1. The van der Waals surface area contributed by atoms with E-state index in [1.165, 1.54) is 13.2 Å². The van der Waals surface area contributed by atoms with E-state index in [1.54, 1.807) is 39.8 Å². The Morgan fingerprint density at radius 1 is 1.18 bits per heavy atom. The van der Waals surface area contributed by atoms with Gasteiger partial charge in [-0.1, -0.05) is 18.2 Å². The lowest BCUT2D eigenvalue weighted by molar-refractivity contribution is -0.142. The molecule has 3 aliphatic rings. The van der Waals surface area contributed by atoms with E-state index in [9.17, 15) is 23.9 Å². The van der Waals surface area contributed by atoms with Gasteiger partial charge in [-0.3, -0.25) is 14.4 Å². The highest BCUT2D eigenvalue weighted by Gasteiger charge is 2.58. The van der Waals surface area contributed by atoms with Crippen LogP contribution in [-0.2, 0) is 20.9 Å². The Morgan fingerprint density at radius 3 is 2.62 bits per heavy atom. The van der Waals surface area contributed by atoms with Crippen LogP contribution < -0.4 is 10.9 Å². The molecule has 2 N–H and O–H groups in total. The molecular formula is C25H28FN3O5. The van der Waals surface area contributed by atoms with Crippen LogP contribution >= 0.6 is 0 Å². The summed E-state index contributed by atoms with van der Waals surface area (Å²) in [5.41, 5.74) is 0.750. The third kappa shape index (κ3) is 3.63. The lowest BCUT2D eigenvalue weighted by Crippen LogP contribution is -2.51. The zero-order chi connectivity index (χ0) is 24.0. The average Bonchev–Trinajstić information content (AvgIpc) is 3.54. The topological polar surface area (TPSA) is 101 Å². The number of ether oxygens (including phenoxy) is 1. The number of aliphatic hydroxyl groups excluding tert-OH is 1. The number of hydrogen-bond donors (Lipinski definition) is 2. The Hall–Kier alpha value is -3.04. The first-order chi connectivity index (χ1) is 16.5. The summed E-state index contributed by atoms with van der Waals surface area (Å²) in [5, 5.41) is 13.1. The van der Waals surface area contributed by atoms with Crippen LogP contribution in [0.15, 0.2) is 41.2 Å². The van der Waals surface area contributed by atoms with Gasteiger partial charge >= 0.3 is 0 Å². The molecule has 2 fully saturated rings. The van der Waals surface area contributed by atoms with Gasteiger partial charge in [0, 0.05) is 55.8 Å². The number of pyridine rings is 1. The van der Waals surface area contributed by atoms with Crippen LogP contribution in [0.2, 0.25) is 0 Å². The summed E-state index contributed by atoms with van der Waals surface area (Å²) in [6, 6.07) is 8.15. The van der Waals surface area contributed by atoms with Gasteiger partial charge in [0.15, 0.2) is 0 Å². The van der Waals surface area contributed by atoms with Crippen molar-refractivity contribution in [2.75, 3.05) is 26.9 Å². The number of hydrogen-bond acceptors (Lipinski definition) is 5. The number of likely N-dealkylation sites (tertiary alicyclic amines) is 1. The van der Waals surface area contributed by atoms with E-state index in [1.807, 2.05) is 0 Å². The first-order valence-electron chi connectivity index (χ1n) is 11.7. The van der Waals surface area contributed by atoms with Crippen molar-refractivity contribution < 1.29 is 23.8 Å². The number of nitrogens with zero attached hydrogens (tertiary/aromatic N) is 2. The molecule has 0 radical (unpaired) electrons. The number of aromatic nitrogens is 1. The van der Waals surface area contributed by atoms with Crippen LogP contribution in [-0.4, -0.2) is 59.3 Å². The highest BCUT2D eigenvalue weighted by molar-refractivity contribution is 5.91. The number of methoxy groups -OCH3 is 1. The maximum atomic E-state index is 14.4. The fraction of sp³-hybridized carbons (Fsp3) is 0.480. The molecule has 1 aromatic heterocycles. The van der Waals surface area contributed by atoms with Crippen molar-refractivity contribution in [1.29, 1.82) is 0 Å². The van der Waals surface area contributed by atoms with E-state index in [0.717, 1.165) is 12.8 Å². The van der Waals surface area contributed by atoms with Gasteiger partial charge in [0.2, 0.25) is 11.8 Å². The third-order valence-electron chi connectivity index (χ3n) is 7.29. The second-order valence-corrected chi connectivity index (χ2v) is 9.27. The number of halogens is 1. The summed E-state index contributed by atoms with van der Waals surface area (Å²) in [4.78, 5) is 41.5. The van der Waals surface area contributed by atoms with Gasteiger partial charge in [0.1, 0.15) is 11.9 Å². The van der Waals surface area contributed by atoms with Crippen molar-refractivity contribution >= 4 is 11.8 Å². The normalized spacial score (nSPS) is 25.2. The zero-order valence-corrected chi connectivity index (χ0v) is 18.9. The predicted molar refractivity (Wildman–Crippen MR) is 121 cm³/mol. The number of carbonyl (C=O) groups excluding carboxylic acids is 2. The van der Waals surface area contributed by atoms with E-state index in [4.69, 9.17) is 4.74 Å². The molecule has 0 bridgehead atoms. The summed E-state index contributed by atoms with van der Waals surface area (Å²) >= 11 is 0. The van der Waals surface area contributed by atoms with Crippen molar-refractivity contribution in [1.82, 2.24) is 14.8 Å². The van der Waals surface area contributed by atoms with Crippen molar-refractivity contribution in [2.24, 2.45) is 17.8 Å². The second-order valence-electron chi connectivity index (χ2n) is 9.27. The van der Waals surface area contributed by atoms with Gasteiger partial charge < -0.3 is 24.6 Å². The van der Waals surface area contributed by atoms with Crippen LogP contribution in [0.3, 0.4) is 0 Å². The summed E-state index contributed by atoms with van der Waals surface area (Å²) in [6.45, 7) is 0.596. The first-order valence-corrected chi connectivity index (χ1v) is 11.7. The highest BCUT2D eigenvalue weighted by Crippen LogP contribution is 2.51. The maximum absolute atomic E-state index is 14.4. The second kappa shape index (κ2) is 8.96. The van der Waals surface area contributed by atoms with E-state index in [0.29, 0.717) is 18.8 Å². The highest BCUT2D eigenvalue weighted by atomic mass is 19.1. The Bertz CT molecular complexity index is 1180. The molecule has 2 amide bonds. The van der Waals surface area contributed by atoms with Gasteiger partial charge in [-0.15, -0.1) is 0 Å².